The Kier molecular flexibility index (Phi) is 27.9. The minimum Gasteiger partial charge on any atom is -0.394 e. The largest absolute Gasteiger partial charge is 0.394 e. The van der Waals surface area contributed by atoms with E-state index in [4.69, 9.17) is 71.1 Å². The summed E-state index contributed by atoms with van der Waals surface area (Å²) in [6.07, 6.45) is -77.2. The van der Waals surface area contributed by atoms with Crippen molar-refractivity contribution < 1.29 is 203 Å². The monoisotopic (exact) mass is 1400 g/mol. The van der Waals surface area contributed by atoms with Crippen LogP contribution in [-0.4, -0.2) is 433 Å². The van der Waals surface area contributed by atoms with Gasteiger partial charge in [0.2, 0.25) is 11.8 Å². The molecule has 0 aromatic carbocycles. The van der Waals surface area contributed by atoms with Crippen molar-refractivity contribution in [3.63, 3.8) is 0 Å². The zero-order valence-corrected chi connectivity index (χ0v) is 50.4. The van der Waals surface area contributed by atoms with Crippen LogP contribution in [0.4, 0.5) is 0 Å². The number of nitrogens with one attached hydrogen (secondary N) is 2. The van der Waals surface area contributed by atoms with Crippen molar-refractivity contribution in [2.75, 3.05) is 52.9 Å². The Labute approximate surface area is 536 Å². The zero-order valence-electron chi connectivity index (χ0n) is 50.4. The summed E-state index contributed by atoms with van der Waals surface area (Å²) in [5.41, 5.74) is 0. The van der Waals surface area contributed by atoms with Gasteiger partial charge in [0.25, 0.3) is 0 Å². The molecule has 95 heavy (non-hydrogen) atoms. The van der Waals surface area contributed by atoms with Crippen molar-refractivity contribution in [2.24, 2.45) is 0 Å². The summed E-state index contributed by atoms with van der Waals surface area (Å²) in [7, 11) is 0. The molecule has 8 fully saturated rings. The number of hydrogen-bond acceptors (Lipinski definition) is 41. The second-order valence-electron chi connectivity index (χ2n) is 23.9. The van der Waals surface area contributed by atoms with E-state index >= 15 is 0 Å². The van der Waals surface area contributed by atoms with E-state index in [2.05, 4.69) is 10.6 Å². The Hall–Kier alpha value is -2.62. The van der Waals surface area contributed by atoms with Crippen LogP contribution in [0, 0.1) is 0 Å². The fourth-order valence-electron chi connectivity index (χ4n) is 12.1. The van der Waals surface area contributed by atoms with Gasteiger partial charge in [0, 0.05) is 13.8 Å². The van der Waals surface area contributed by atoms with E-state index in [1.807, 2.05) is 0 Å². The maximum atomic E-state index is 12.8. The molecule has 43 heteroatoms. The molecule has 0 saturated carbocycles. The molecule has 0 aromatic heterocycles. The first kappa shape index (κ1) is 78.1. The van der Waals surface area contributed by atoms with Crippen molar-refractivity contribution in [3.05, 3.63) is 0 Å². The highest BCUT2D eigenvalue weighted by Crippen LogP contribution is 2.38. The Bertz CT molecular complexity index is 2380. The van der Waals surface area contributed by atoms with Crippen LogP contribution in [0.15, 0.2) is 0 Å². The fraction of sp³-hybridized carbons (Fsp3) is 0.962. The Morgan fingerprint density at radius 2 is 0.568 bits per heavy atom. The highest BCUT2D eigenvalue weighted by molar-refractivity contribution is 5.73. The Morgan fingerprint density at radius 1 is 0.274 bits per heavy atom. The topological polar surface area (TPSA) is 682 Å². The highest BCUT2D eigenvalue weighted by Gasteiger charge is 2.59. The zero-order chi connectivity index (χ0) is 69.9. The van der Waals surface area contributed by atoms with Gasteiger partial charge in [-0.15, -0.1) is 0 Å². The molecule has 8 saturated heterocycles. The second-order valence-corrected chi connectivity index (χ2v) is 23.9. The van der Waals surface area contributed by atoms with Crippen LogP contribution in [-0.2, 0) is 80.6 Å². The SMILES string of the molecule is CC(=O)N[C@@H]1[C@@H](O)[C@H](O[C@@H]2O[C@H](CO)[C@@H](O[C@@H]3O[C@H](CO[C@H]4O[C@H](CO[C@H]5O[C@H](CO)[C@@H](O)[C@H](O)[C@@H]5O[C@H]5O[C@H](CO)[C@@H](O)[C@H](O)[C@@H]5O)[C@@H](O)[C@H](O[C@H]5O[C@H](CO)[C@@H](O)[C@H](O)[C@@H]5O)[C@@H]4O)[C@@H](O)[C@H](O[C@H]4O[C@H](CO)[C@@H](O)[C@H](O)[C@@H]4O)[C@@H]3O)[C@H](O)[C@H]2NC(C)=O)[C@@H](CO)O[C@H]1O. The standard InChI is InChI=1S/C52H88N2O41/c1-11(61)53-21-29(69)40(17(7-59)83-45(21)80)91-46-22(54-12(2)62)30(70)41(18(8-60)88-46)92-51-39(79)43(94-49-36(76)32(72)24(64)14(4-56)85-49)28(68)20(90-51)9-81-47-38(78)42(93-48-35(75)31(71)23(63)13(3-55)84-48)27(67)19(89-47)10-82-52-44(34(74)26(66)16(6-58)87-52)95-50-37(77)33(73)25(65)15(5-57)86-50/h13-52,55-60,63-80H,3-10H2,1-2H3,(H,53,61)(H,54,62)/t13-,14-,15-,16-,17-,18-,19-,20-,21-,22-,23-,24-,25-,26-,27-,28-,29-,30-,31+,32+,33+,34+,35+,36+,37+,38+,39+,40-,41-,42+,43+,44+,45-,46+,47+,48-,49-,50-,51+,52+/m1/s1. The number of carbonyl (C=O) groups excluding carboxylic acids is 2. The predicted octanol–water partition coefficient (Wildman–Crippen LogP) is -18.2. The van der Waals surface area contributed by atoms with Gasteiger partial charge < -0.3 is 204 Å². The van der Waals surface area contributed by atoms with E-state index in [0.717, 1.165) is 13.8 Å². The molecule has 0 aliphatic carbocycles. The van der Waals surface area contributed by atoms with E-state index < -0.39 is 310 Å². The minimum atomic E-state index is -2.39. The van der Waals surface area contributed by atoms with Crippen LogP contribution in [0.2, 0.25) is 0 Å². The molecular weight excluding hydrogens is 1310 g/mol. The van der Waals surface area contributed by atoms with E-state index in [0.29, 0.717) is 0 Å². The maximum absolute atomic E-state index is 12.8. The smallest absolute Gasteiger partial charge is 0.217 e. The van der Waals surface area contributed by atoms with Gasteiger partial charge in [-0.25, -0.2) is 0 Å². The van der Waals surface area contributed by atoms with Gasteiger partial charge in [0.05, 0.1) is 52.9 Å². The molecule has 8 rings (SSSR count). The summed E-state index contributed by atoms with van der Waals surface area (Å²) in [6, 6.07) is -3.44. The maximum Gasteiger partial charge on any atom is 0.217 e. The first-order valence-corrected chi connectivity index (χ1v) is 30.1. The quantitative estimate of drug-likeness (QED) is 0.0427. The highest BCUT2D eigenvalue weighted by atomic mass is 16.8. The molecule has 0 spiro atoms. The van der Waals surface area contributed by atoms with Gasteiger partial charge in [-0.1, -0.05) is 0 Å². The minimum absolute atomic E-state index is 0.756. The van der Waals surface area contributed by atoms with Gasteiger partial charge in [-0.2, -0.15) is 0 Å². The molecule has 0 bridgehead atoms. The number of amides is 2. The molecule has 8 aliphatic rings. The summed E-state index contributed by atoms with van der Waals surface area (Å²) in [5, 5.41) is 265. The summed E-state index contributed by atoms with van der Waals surface area (Å²) in [6.45, 7) is -6.23. The van der Waals surface area contributed by atoms with E-state index in [1.54, 1.807) is 0 Å². The fourth-order valence-corrected chi connectivity index (χ4v) is 12.1. The van der Waals surface area contributed by atoms with Crippen molar-refractivity contribution in [3.8, 4) is 0 Å². The molecule has 0 radical (unpaired) electrons. The molecule has 0 aromatic rings. The van der Waals surface area contributed by atoms with Crippen molar-refractivity contribution >= 4 is 11.8 Å². The second kappa shape index (κ2) is 33.9. The average molecular weight is 1400 g/mol. The van der Waals surface area contributed by atoms with E-state index in [-0.39, 0.29) is 0 Å². The number of ether oxygens (including phenoxy) is 15. The molecule has 0 unspecified atom stereocenters. The first-order chi connectivity index (χ1) is 44.9. The van der Waals surface area contributed by atoms with E-state index in [9.17, 15) is 132 Å². The third-order valence-corrected chi connectivity index (χ3v) is 17.4. The summed E-state index contributed by atoms with van der Waals surface area (Å²) in [5.74, 6) is -1.65. The lowest BCUT2D eigenvalue weighted by molar-refractivity contribution is -0.389. The summed E-state index contributed by atoms with van der Waals surface area (Å²) >= 11 is 0. The number of carbonyl (C=O) groups is 2. The molecular formula is C52H88N2O41. The van der Waals surface area contributed by atoms with Crippen molar-refractivity contribution in [1.82, 2.24) is 10.6 Å². The Morgan fingerprint density at radius 3 is 0.989 bits per heavy atom. The van der Waals surface area contributed by atoms with Crippen LogP contribution in [0.25, 0.3) is 0 Å². The van der Waals surface area contributed by atoms with Crippen LogP contribution >= 0.6 is 0 Å². The number of hydrogen-bond donors (Lipinski definition) is 26. The van der Waals surface area contributed by atoms with Crippen LogP contribution < -0.4 is 10.6 Å². The third kappa shape index (κ3) is 17.0. The van der Waals surface area contributed by atoms with Gasteiger partial charge in [0.15, 0.2) is 50.3 Å². The van der Waals surface area contributed by atoms with Crippen molar-refractivity contribution in [2.45, 2.75) is 259 Å². The molecule has 8 aliphatic heterocycles. The number of aliphatic hydroxyl groups is 24. The van der Waals surface area contributed by atoms with Crippen molar-refractivity contribution in [1.29, 1.82) is 0 Å². The third-order valence-electron chi connectivity index (χ3n) is 17.4. The Balaban J connectivity index is 1.09. The summed E-state index contributed by atoms with van der Waals surface area (Å²) in [4.78, 5) is 24.8. The van der Waals surface area contributed by atoms with Gasteiger partial charge in [0.1, 0.15) is 195 Å². The van der Waals surface area contributed by atoms with Gasteiger partial charge in [-0.3, -0.25) is 9.59 Å². The predicted molar refractivity (Wildman–Crippen MR) is 288 cm³/mol. The molecule has 8 heterocycles. The van der Waals surface area contributed by atoms with Crippen LogP contribution in [0.1, 0.15) is 13.8 Å². The average Bonchev–Trinajstić information content (AvgIpc) is 0.780. The normalized spacial score (nSPS) is 50.8. The molecule has 40 atom stereocenters. The van der Waals surface area contributed by atoms with Crippen LogP contribution in [0.3, 0.4) is 0 Å². The lowest BCUT2D eigenvalue weighted by atomic mass is 9.94. The van der Waals surface area contributed by atoms with Crippen LogP contribution in [0.5, 0.6) is 0 Å². The lowest BCUT2D eigenvalue weighted by Gasteiger charge is -2.50. The molecule has 2 amide bonds. The van der Waals surface area contributed by atoms with E-state index in [1.165, 1.54) is 0 Å². The van der Waals surface area contributed by atoms with Gasteiger partial charge >= 0.3 is 0 Å². The first-order valence-electron chi connectivity index (χ1n) is 30.1. The molecule has 43 nitrogen and oxygen atoms in total. The summed E-state index contributed by atoms with van der Waals surface area (Å²) < 4.78 is 86.5. The lowest BCUT2D eigenvalue weighted by Crippen LogP contribution is -2.70. The number of aliphatic hydroxyl groups excluding tert-OH is 24. The number of rotatable bonds is 24. The molecule has 552 valence electrons. The van der Waals surface area contributed by atoms with Gasteiger partial charge in [-0.05, 0) is 0 Å². The molecule has 26 N–H and O–H groups in total.